The lowest BCUT2D eigenvalue weighted by Gasteiger charge is -2.31. The van der Waals surface area contributed by atoms with Gasteiger partial charge in [-0.3, -0.25) is 4.79 Å². The molecule has 9 heteroatoms. The molecule has 1 saturated heterocycles. The summed E-state index contributed by atoms with van der Waals surface area (Å²) in [6, 6.07) is 1.74. The highest BCUT2D eigenvalue weighted by atomic mass is 79.9. The van der Waals surface area contributed by atoms with Crippen LogP contribution in [0, 0.1) is 0 Å². The highest BCUT2D eigenvalue weighted by molar-refractivity contribution is 9.13. The first kappa shape index (κ1) is 17.4. The Morgan fingerprint density at radius 2 is 2.05 bits per heavy atom. The van der Waals surface area contributed by atoms with Crippen molar-refractivity contribution in [2.75, 3.05) is 18.8 Å². The number of carbonyl (C=O) groups excluding carboxylic acids is 1. The van der Waals surface area contributed by atoms with Crippen molar-refractivity contribution in [3.05, 3.63) is 19.2 Å². The Morgan fingerprint density at radius 3 is 2.52 bits per heavy atom. The normalized spacial score (nSPS) is 17.2. The van der Waals surface area contributed by atoms with Gasteiger partial charge in [-0.25, -0.2) is 13.1 Å². The van der Waals surface area contributed by atoms with Crippen LogP contribution in [0.2, 0.25) is 0 Å². The molecule has 1 aliphatic rings. The Morgan fingerprint density at radius 1 is 1.43 bits per heavy atom. The number of hydrogen-bond acceptors (Lipinski definition) is 4. The zero-order valence-corrected chi connectivity index (χ0v) is 16.2. The van der Waals surface area contributed by atoms with Crippen LogP contribution >= 0.6 is 43.2 Å². The summed E-state index contributed by atoms with van der Waals surface area (Å²) >= 11 is 8.16. The average molecular weight is 460 g/mol. The van der Waals surface area contributed by atoms with Crippen LogP contribution in [0.4, 0.5) is 0 Å². The second-order valence-electron chi connectivity index (χ2n) is 4.82. The molecule has 2 rings (SSSR count). The first-order valence-electron chi connectivity index (χ1n) is 6.56. The number of piperidine rings is 1. The van der Waals surface area contributed by atoms with Crippen molar-refractivity contribution in [2.45, 2.75) is 25.8 Å². The van der Waals surface area contributed by atoms with Gasteiger partial charge >= 0.3 is 0 Å². The number of rotatable bonds is 4. The largest absolute Gasteiger partial charge is 0.338 e. The quantitative estimate of drug-likeness (QED) is 0.752. The summed E-state index contributed by atoms with van der Waals surface area (Å²) in [5.74, 6) is 0.0897. The summed E-state index contributed by atoms with van der Waals surface area (Å²) in [6.45, 7) is 2.76. The topological polar surface area (TPSA) is 66.5 Å². The van der Waals surface area contributed by atoms with Gasteiger partial charge in [0.05, 0.1) is 14.4 Å². The average Bonchev–Trinajstić information content (AvgIpc) is 2.78. The summed E-state index contributed by atoms with van der Waals surface area (Å²) in [5.41, 5.74) is 0. The van der Waals surface area contributed by atoms with E-state index >= 15 is 0 Å². The Labute approximate surface area is 145 Å². The molecule has 1 aliphatic heterocycles. The minimum absolute atomic E-state index is 0.00296. The Bertz CT molecular complexity index is 603. The van der Waals surface area contributed by atoms with Crippen molar-refractivity contribution in [3.8, 4) is 0 Å². The number of amides is 1. The molecule has 0 bridgehead atoms. The standard InChI is InChI=1S/C12H16Br2N2O3S2/c1-2-21(18,19)15-8-3-5-16(6-4-8)12(17)10-7-9(13)11(14)20-10/h7-8,15H,2-6H2,1H3. The van der Waals surface area contributed by atoms with Crippen LogP contribution in [-0.2, 0) is 10.0 Å². The number of carbonyl (C=O) groups is 1. The number of thiophene rings is 1. The van der Waals surface area contributed by atoms with Gasteiger partial charge in [-0.15, -0.1) is 11.3 Å². The molecule has 5 nitrogen and oxygen atoms in total. The molecule has 1 aromatic heterocycles. The van der Waals surface area contributed by atoms with Gasteiger partial charge in [-0.05, 0) is 57.7 Å². The predicted molar refractivity (Wildman–Crippen MR) is 91.2 cm³/mol. The molecule has 0 saturated carbocycles. The predicted octanol–water partition coefficient (Wildman–Crippen LogP) is 2.82. The fourth-order valence-electron chi connectivity index (χ4n) is 2.15. The first-order chi connectivity index (χ1) is 9.82. The van der Waals surface area contributed by atoms with Crippen LogP contribution < -0.4 is 4.72 Å². The van der Waals surface area contributed by atoms with Crippen molar-refractivity contribution < 1.29 is 13.2 Å². The molecule has 0 atom stereocenters. The van der Waals surface area contributed by atoms with Crippen LogP contribution in [0.15, 0.2) is 14.3 Å². The SMILES string of the molecule is CCS(=O)(=O)NC1CCN(C(=O)c2cc(Br)c(Br)s2)CC1. The highest BCUT2D eigenvalue weighted by Crippen LogP contribution is 2.33. The van der Waals surface area contributed by atoms with E-state index in [-0.39, 0.29) is 17.7 Å². The summed E-state index contributed by atoms with van der Waals surface area (Å²) in [6.07, 6.45) is 1.30. The van der Waals surface area contributed by atoms with E-state index in [1.54, 1.807) is 11.8 Å². The maximum atomic E-state index is 12.4. The van der Waals surface area contributed by atoms with E-state index in [4.69, 9.17) is 0 Å². The van der Waals surface area contributed by atoms with Gasteiger partial charge in [0.2, 0.25) is 10.0 Å². The smallest absolute Gasteiger partial charge is 0.264 e. The summed E-state index contributed by atoms with van der Waals surface area (Å²) < 4.78 is 27.5. The van der Waals surface area contributed by atoms with Crippen molar-refractivity contribution in [1.29, 1.82) is 0 Å². The molecule has 1 amide bonds. The number of likely N-dealkylation sites (tertiary alicyclic amines) is 1. The summed E-state index contributed by atoms with van der Waals surface area (Å²) in [4.78, 5) is 14.8. The fraction of sp³-hybridized carbons (Fsp3) is 0.583. The molecule has 118 valence electrons. The van der Waals surface area contributed by atoms with Gasteiger partial charge in [-0.2, -0.15) is 0 Å². The van der Waals surface area contributed by atoms with Crippen molar-refractivity contribution in [2.24, 2.45) is 0 Å². The summed E-state index contributed by atoms with van der Waals surface area (Å²) in [7, 11) is -3.18. The number of hydrogen-bond donors (Lipinski definition) is 1. The molecular formula is C12H16Br2N2O3S2. The van der Waals surface area contributed by atoms with Gasteiger partial charge in [0.1, 0.15) is 0 Å². The van der Waals surface area contributed by atoms with Crippen LogP contribution in [-0.4, -0.2) is 44.1 Å². The second-order valence-corrected chi connectivity index (χ2v) is 10.1. The lowest BCUT2D eigenvalue weighted by molar-refractivity contribution is 0.0716. The van der Waals surface area contributed by atoms with Crippen molar-refractivity contribution >= 4 is 59.1 Å². The molecular weight excluding hydrogens is 444 g/mol. The third-order valence-corrected chi connectivity index (χ3v) is 8.06. The number of nitrogens with zero attached hydrogens (tertiary/aromatic N) is 1. The fourth-order valence-corrected chi connectivity index (χ4v) is 5.06. The number of halogens is 2. The van der Waals surface area contributed by atoms with Crippen LogP contribution in [0.25, 0.3) is 0 Å². The van der Waals surface area contributed by atoms with E-state index in [2.05, 4.69) is 36.6 Å². The van der Waals surface area contributed by atoms with Gasteiger partial charge in [0.15, 0.2) is 0 Å². The van der Waals surface area contributed by atoms with E-state index in [0.717, 1.165) is 8.26 Å². The van der Waals surface area contributed by atoms with Crippen LogP contribution in [0.1, 0.15) is 29.4 Å². The Balaban J connectivity index is 1.93. The van der Waals surface area contributed by atoms with Gasteiger partial charge in [0, 0.05) is 23.6 Å². The lowest BCUT2D eigenvalue weighted by atomic mass is 10.1. The second kappa shape index (κ2) is 7.08. The number of nitrogens with one attached hydrogen (secondary N) is 1. The monoisotopic (exact) mass is 458 g/mol. The molecule has 0 aliphatic carbocycles. The first-order valence-corrected chi connectivity index (χ1v) is 10.6. The Kier molecular flexibility index (Phi) is 5.86. The zero-order valence-electron chi connectivity index (χ0n) is 11.4. The van der Waals surface area contributed by atoms with Gasteiger partial charge < -0.3 is 4.90 Å². The van der Waals surface area contributed by atoms with Crippen LogP contribution in [0.3, 0.4) is 0 Å². The minimum atomic E-state index is -3.18. The van der Waals surface area contributed by atoms with Crippen molar-refractivity contribution in [3.63, 3.8) is 0 Å². The molecule has 1 fully saturated rings. The molecule has 0 radical (unpaired) electrons. The molecule has 2 heterocycles. The third-order valence-electron chi connectivity index (χ3n) is 3.36. The minimum Gasteiger partial charge on any atom is -0.338 e. The molecule has 0 unspecified atom stereocenters. The zero-order chi connectivity index (χ0) is 15.6. The van der Waals surface area contributed by atoms with Gasteiger partial charge in [0.25, 0.3) is 5.91 Å². The van der Waals surface area contributed by atoms with E-state index in [9.17, 15) is 13.2 Å². The van der Waals surface area contributed by atoms with Crippen LogP contribution in [0.5, 0.6) is 0 Å². The van der Waals surface area contributed by atoms with E-state index in [1.807, 2.05) is 6.07 Å². The van der Waals surface area contributed by atoms with Gasteiger partial charge in [-0.1, -0.05) is 0 Å². The summed E-state index contributed by atoms with van der Waals surface area (Å²) in [5, 5.41) is 0. The molecule has 0 aromatic carbocycles. The molecule has 0 spiro atoms. The lowest BCUT2D eigenvalue weighted by Crippen LogP contribution is -2.46. The number of sulfonamides is 1. The molecule has 21 heavy (non-hydrogen) atoms. The highest BCUT2D eigenvalue weighted by Gasteiger charge is 2.26. The Hall–Kier alpha value is 0.0400. The van der Waals surface area contributed by atoms with Crippen molar-refractivity contribution in [1.82, 2.24) is 9.62 Å². The molecule has 1 aromatic rings. The van der Waals surface area contributed by atoms with E-state index in [0.29, 0.717) is 30.8 Å². The maximum absolute atomic E-state index is 12.4. The third kappa shape index (κ3) is 4.51. The van der Waals surface area contributed by atoms with E-state index < -0.39 is 10.0 Å². The van der Waals surface area contributed by atoms with E-state index in [1.165, 1.54) is 11.3 Å². The molecule has 1 N–H and O–H groups in total. The maximum Gasteiger partial charge on any atom is 0.264 e.